The summed E-state index contributed by atoms with van der Waals surface area (Å²) in [4.78, 5) is 12.5. The first-order chi connectivity index (χ1) is 12.0. The zero-order valence-corrected chi connectivity index (χ0v) is 15.0. The third kappa shape index (κ3) is 4.32. The summed E-state index contributed by atoms with van der Waals surface area (Å²) in [5, 5.41) is 3.18. The van der Waals surface area contributed by atoms with Crippen LogP contribution < -0.4 is 14.8 Å². The van der Waals surface area contributed by atoms with Crippen molar-refractivity contribution in [3.05, 3.63) is 59.7 Å². The highest BCUT2D eigenvalue weighted by atomic mass is 16.5. The average Bonchev–Trinajstić information content (AvgIpc) is 2.59. The number of ether oxygens (including phenoxy) is 2. The average molecular weight is 339 g/mol. The molecule has 1 heterocycles. The van der Waals surface area contributed by atoms with Crippen LogP contribution in [0.4, 0.5) is 0 Å². The fraction of sp³-hybridized carbons (Fsp3) is 0.381. The van der Waals surface area contributed by atoms with Gasteiger partial charge in [-0.15, -0.1) is 0 Å². The molecule has 1 aliphatic heterocycles. The molecule has 4 nitrogen and oxygen atoms in total. The Morgan fingerprint density at radius 3 is 2.72 bits per heavy atom. The summed E-state index contributed by atoms with van der Waals surface area (Å²) < 4.78 is 11.4. The molecule has 0 saturated carbocycles. The Hall–Kier alpha value is -2.49. The van der Waals surface area contributed by atoms with Gasteiger partial charge in [-0.2, -0.15) is 0 Å². The molecule has 1 N–H and O–H groups in total. The molecule has 2 aromatic rings. The van der Waals surface area contributed by atoms with E-state index in [0.29, 0.717) is 6.42 Å². The number of hydrogen-bond acceptors (Lipinski definition) is 3. The topological polar surface area (TPSA) is 47.6 Å². The zero-order valence-electron chi connectivity index (χ0n) is 15.0. The first kappa shape index (κ1) is 17.3. The van der Waals surface area contributed by atoms with E-state index in [1.807, 2.05) is 62.4 Å². The zero-order chi connectivity index (χ0) is 17.9. The smallest absolute Gasteiger partial charge is 0.220 e. The van der Waals surface area contributed by atoms with Gasteiger partial charge in [-0.25, -0.2) is 0 Å². The second-order valence-corrected chi connectivity index (χ2v) is 7.08. The maximum Gasteiger partial charge on any atom is 0.220 e. The molecule has 1 atom stereocenters. The van der Waals surface area contributed by atoms with E-state index < -0.39 is 0 Å². The quantitative estimate of drug-likeness (QED) is 0.894. The Morgan fingerprint density at radius 1 is 1.24 bits per heavy atom. The Balaban J connectivity index is 1.70. The molecule has 4 heteroatoms. The van der Waals surface area contributed by atoms with Crippen molar-refractivity contribution < 1.29 is 14.3 Å². The maximum atomic E-state index is 12.5. The second-order valence-electron chi connectivity index (χ2n) is 7.08. The molecule has 0 bridgehead atoms. The van der Waals surface area contributed by atoms with Crippen LogP contribution in [-0.2, 0) is 11.2 Å². The van der Waals surface area contributed by atoms with Crippen molar-refractivity contribution in [2.45, 2.75) is 44.8 Å². The number of nitrogens with one attached hydrogen (secondary N) is 1. The Kier molecular flexibility index (Phi) is 4.98. The molecule has 0 saturated heterocycles. The van der Waals surface area contributed by atoms with Crippen molar-refractivity contribution in [2.75, 3.05) is 7.11 Å². The predicted octanol–water partition coefficient (Wildman–Crippen LogP) is 4.05. The molecule has 1 amide bonds. The van der Waals surface area contributed by atoms with Gasteiger partial charge < -0.3 is 14.8 Å². The van der Waals surface area contributed by atoms with Crippen molar-refractivity contribution in [1.29, 1.82) is 0 Å². The molecule has 0 aromatic heterocycles. The number of carbonyl (C=O) groups is 1. The molecule has 0 fully saturated rings. The van der Waals surface area contributed by atoms with Gasteiger partial charge in [-0.3, -0.25) is 4.79 Å². The van der Waals surface area contributed by atoms with Crippen molar-refractivity contribution in [3.63, 3.8) is 0 Å². The predicted molar refractivity (Wildman–Crippen MR) is 98.0 cm³/mol. The van der Waals surface area contributed by atoms with Gasteiger partial charge in [0.1, 0.15) is 17.1 Å². The molecule has 25 heavy (non-hydrogen) atoms. The van der Waals surface area contributed by atoms with Gasteiger partial charge >= 0.3 is 0 Å². The number of methoxy groups -OCH3 is 1. The lowest BCUT2D eigenvalue weighted by Gasteiger charge is -2.38. The van der Waals surface area contributed by atoms with Crippen LogP contribution in [0.15, 0.2) is 48.5 Å². The standard InChI is InChI=1S/C21H25NO3/c1-21(2)14-18(17-11-10-16(24-3)13-19(17)25-21)22-20(23)12-9-15-7-5-4-6-8-15/h4-8,10-11,13,18H,9,12,14H2,1-3H3,(H,22,23)/t18-/m1/s1. The minimum atomic E-state index is -0.337. The van der Waals surface area contributed by atoms with Crippen LogP contribution in [0, 0.1) is 0 Å². The molecule has 132 valence electrons. The van der Waals surface area contributed by atoms with Gasteiger partial charge in [0.15, 0.2) is 0 Å². The highest BCUT2D eigenvalue weighted by molar-refractivity contribution is 5.77. The van der Waals surface area contributed by atoms with Crippen LogP contribution in [0.5, 0.6) is 11.5 Å². The van der Waals surface area contributed by atoms with Gasteiger partial charge in [0, 0.05) is 24.5 Å². The van der Waals surface area contributed by atoms with E-state index in [4.69, 9.17) is 9.47 Å². The first-order valence-corrected chi connectivity index (χ1v) is 8.67. The molecule has 0 radical (unpaired) electrons. The highest BCUT2D eigenvalue weighted by Crippen LogP contribution is 2.41. The number of rotatable bonds is 5. The summed E-state index contributed by atoms with van der Waals surface area (Å²) in [5.74, 6) is 1.60. The molecule has 1 aliphatic rings. The van der Waals surface area contributed by atoms with E-state index in [0.717, 1.165) is 29.9 Å². The second kappa shape index (κ2) is 7.18. The molecule has 3 rings (SSSR count). The third-order valence-corrected chi connectivity index (χ3v) is 4.50. The summed E-state index contributed by atoms with van der Waals surface area (Å²) >= 11 is 0. The molecular weight excluding hydrogens is 314 g/mol. The highest BCUT2D eigenvalue weighted by Gasteiger charge is 2.34. The minimum Gasteiger partial charge on any atom is -0.497 e. The SMILES string of the molecule is COc1ccc2c(c1)OC(C)(C)C[C@H]2NC(=O)CCc1ccccc1. The molecule has 2 aromatic carbocycles. The number of benzene rings is 2. The lowest BCUT2D eigenvalue weighted by atomic mass is 9.89. The summed E-state index contributed by atoms with van der Waals surface area (Å²) in [6.45, 7) is 4.08. The van der Waals surface area contributed by atoms with E-state index in [9.17, 15) is 4.79 Å². The van der Waals surface area contributed by atoms with Gasteiger partial charge in [-0.1, -0.05) is 30.3 Å². The van der Waals surface area contributed by atoms with E-state index in [-0.39, 0.29) is 17.6 Å². The lowest BCUT2D eigenvalue weighted by molar-refractivity contribution is -0.122. The number of amides is 1. The Morgan fingerprint density at radius 2 is 2.00 bits per heavy atom. The van der Waals surface area contributed by atoms with Crippen molar-refractivity contribution in [1.82, 2.24) is 5.32 Å². The molecular formula is C21H25NO3. The van der Waals surface area contributed by atoms with Crippen molar-refractivity contribution in [2.24, 2.45) is 0 Å². The van der Waals surface area contributed by atoms with E-state index >= 15 is 0 Å². The summed E-state index contributed by atoms with van der Waals surface area (Å²) in [7, 11) is 1.64. The van der Waals surface area contributed by atoms with E-state index in [1.54, 1.807) is 7.11 Å². The lowest BCUT2D eigenvalue weighted by Crippen LogP contribution is -2.41. The Labute approximate surface area is 149 Å². The summed E-state index contributed by atoms with van der Waals surface area (Å²) in [5.41, 5.74) is 1.85. The number of hydrogen-bond donors (Lipinski definition) is 1. The summed E-state index contributed by atoms with van der Waals surface area (Å²) in [6, 6.07) is 15.8. The van der Waals surface area contributed by atoms with Gasteiger partial charge in [0.2, 0.25) is 5.91 Å². The first-order valence-electron chi connectivity index (χ1n) is 8.67. The van der Waals surface area contributed by atoms with Crippen LogP contribution in [0.3, 0.4) is 0 Å². The summed E-state index contributed by atoms with van der Waals surface area (Å²) in [6.07, 6.45) is 1.96. The molecule has 0 unspecified atom stereocenters. The van der Waals surface area contributed by atoms with Crippen molar-refractivity contribution >= 4 is 5.91 Å². The normalized spacial score (nSPS) is 18.0. The number of aryl methyl sites for hydroxylation is 1. The maximum absolute atomic E-state index is 12.5. The van der Waals surface area contributed by atoms with Crippen LogP contribution in [0.1, 0.15) is 43.9 Å². The fourth-order valence-corrected chi connectivity index (χ4v) is 3.26. The Bertz CT molecular complexity index is 740. The van der Waals surface area contributed by atoms with Crippen molar-refractivity contribution in [3.8, 4) is 11.5 Å². The van der Waals surface area contributed by atoms with Gasteiger partial charge in [0.25, 0.3) is 0 Å². The number of carbonyl (C=O) groups excluding carboxylic acids is 1. The van der Waals surface area contributed by atoms with Crippen LogP contribution in [0.25, 0.3) is 0 Å². The van der Waals surface area contributed by atoms with Gasteiger partial charge in [0.05, 0.1) is 13.2 Å². The molecule has 0 spiro atoms. The minimum absolute atomic E-state index is 0.0482. The molecule has 0 aliphatic carbocycles. The van der Waals surface area contributed by atoms with E-state index in [1.165, 1.54) is 5.56 Å². The fourth-order valence-electron chi connectivity index (χ4n) is 3.26. The largest absolute Gasteiger partial charge is 0.497 e. The monoisotopic (exact) mass is 339 g/mol. The van der Waals surface area contributed by atoms with Crippen LogP contribution in [0.2, 0.25) is 0 Å². The van der Waals surface area contributed by atoms with E-state index in [2.05, 4.69) is 5.32 Å². The third-order valence-electron chi connectivity index (χ3n) is 4.50. The number of fused-ring (bicyclic) bond motifs is 1. The van der Waals surface area contributed by atoms with Crippen LogP contribution >= 0.6 is 0 Å². The van der Waals surface area contributed by atoms with Gasteiger partial charge in [-0.05, 0) is 38.0 Å². The van der Waals surface area contributed by atoms with Crippen LogP contribution in [-0.4, -0.2) is 18.6 Å².